The summed E-state index contributed by atoms with van der Waals surface area (Å²) in [5.41, 5.74) is 2.81. The number of aromatic amines is 1. The third kappa shape index (κ3) is 3.52. The summed E-state index contributed by atoms with van der Waals surface area (Å²) in [4.78, 5) is 24.7. The maximum Gasteiger partial charge on any atom is 0.230 e. The molecule has 3 heterocycles. The highest BCUT2D eigenvalue weighted by molar-refractivity contribution is 5.74. The number of hydrogen-bond acceptors (Lipinski definition) is 7. The molecular formula is C17H16N8. The standard InChI is InChI=1S/C17H16N8/c1-11-8-15(25-17(21-11)24-14-6-7-18-10-20-14)19-9-16-22-12-4-2-3-5-13(12)23-16/h2-8,10H,9H2,1H3,(H,22,23)(H2,18,19,20,21,24,25). The van der Waals surface area contributed by atoms with Crippen LogP contribution in [0.4, 0.5) is 17.6 Å². The summed E-state index contributed by atoms with van der Waals surface area (Å²) in [6.45, 7) is 2.46. The molecule has 3 N–H and O–H groups in total. The van der Waals surface area contributed by atoms with Gasteiger partial charge in [0, 0.05) is 18.0 Å². The van der Waals surface area contributed by atoms with Gasteiger partial charge in [0.05, 0.1) is 17.6 Å². The zero-order valence-electron chi connectivity index (χ0n) is 13.6. The Morgan fingerprint density at radius 2 is 1.96 bits per heavy atom. The highest BCUT2D eigenvalue weighted by Gasteiger charge is 2.06. The average Bonchev–Trinajstić information content (AvgIpc) is 3.03. The van der Waals surface area contributed by atoms with Gasteiger partial charge in [-0.1, -0.05) is 12.1 Å². The van der Waals surface area contributed by atoms with Gasteiger partial charge in [0.1, 0.15) is 23.8 Å². The lowest BCUT2D eigenvalue weighted by atomic mass is 10.3. The normalized spacial score (nSPS) is 10.8. The van der Waals surface area contributed by atoms with Crippen molar-refractivity contribution in [1.82, 2.24) is 29.9 Å². The summed E-state index contributed by atoms with van der Waals surface area (Å²) in [5, 5.41) is 6.34. The van der Waals surface area contributed by atoms with Crippen LogP contribution in [0.2, 0.25) is 0 Å². The molecule has 1 aromatic carbocycles. The minimum absolute atomic E-state index is 0.478. The lowest BCUT2D eigenvalue weighted by Crippen LogP contribution is -2.07. The summed E-state index contributed by atoms with van der Waals surface area (Å²) < 4.78 is 0. The lowest BCUT2D eigenvalue weighted by Gasteiger charge is -2.08. The van der Waals surface area contributed by atoms with E-state index >= 15 is 0 Å². The van der Waals surface area contributed by atoms with E-state index in [-0.39, 0.29) is 0 Å². The van der Waals surface area contributed by atoms with Gasteiger partial charge in [0.15, 0.2) is 0 Å². The Labute approximate surface area is 143 Å². The monoisotopic (exact) mass is 332 g/mol. The van der Waals surface area contributed by atoms with Crippen molar-refractivity contribution < 1.29 is 0 Å². The minimum Gasteiger partial charge on any atom is -0.363 e. The smallest absolute Gasteiger partial charge is 0.230 e. The van der Waals surface area contributed by atoms with Crippen molar-refractivity contribution in [3.8, 4) is 0 Å². The molecule has 3 aromatic heterocycles. The van der Waals surface area contributed by atoms with Crippen molar-refractivity contribution in [2.45, 2.75) is 13.5 Å². The van der Waals surface area contributed by atoms with Crippen LogP contribution in [0.25, 0.3) is 11.0 Å². The Kier molecular flexibility index (Phi) is 3.91. The molecule has 0 atom stereocenters. The van der Waals surface area contributed by atoms with Crippen LogP contribution in [-0.2, 0) is 6.54 Å². The molecule has 8 heteroatoms. The third-order valence-electron chi connectivity index (χ3n) is 3.55. The van der Waals surface area contributed by atoms with Crippen molar-refractivity contribution in [1.29, 1.82) is 0 Å². The van der Waals surface area contributed by atoms with Gasteiger partial charge in [-0.15, -0.1) is 0 Å². The fraction of sp³-hybridized carbons (Fsp3) is 0.118. The molecule has 0 aliphatic heterocycles. The molecule has 0 radical (unpaired) electrons. The van der Waals surface area contributed by atoms with Gasteiger partial charge in [-0.2, -0.15) is 4.98 Å². The molecule has 0 spiro atoms. The zero-order chi connectivity index (χ0) is 17.1. The van der Waals surface area contributed by atoms with Gasteiger partial charge >= 0.3 is 0 Å². The molecule has 4 rings (SSSR count). The summed E-state index contributed by atoms with van der Waals surface area (Å²) in [7, 11) is 0. The third-order valence-corrected chi connectivity index (χ3v) is 3.55. The van der Waals surface area contributed by atoms with Crippen LogP contribution in [0.1, 0.15) is 11.5 Å². The number of nitrogens with zero attached hydrogens (tertiary/aromatic N) is 5. The number of aryl methyl sites for hydroxylation is 1. The largest absolute Gasteiger partial charge is 0.363 e. The first kappa shape index (κ1) is 15.0. The minimum atomic E-state index is 0.478. The predicted octanol–water partition coefficient (Wildman–Crippen LogP) is 2.81. The van der Waals surface area contributed by atoms with Crippen molar-refractivity contribution in [3.63, 3.8) is 0 Å². The Morgan fingerprint density at radius 3 is 2.80 bits per heavy atom. The summed E-state index contributed by atoms with van der Waals surface area (Å²) in [6.07, 6.45) is 3.13. The molecule has 0 unspecified atom stereocenters. The number of H-pyrrole nitrogens is 1. The number of para-hydroxylation sites is 2. The van der Waals surface area contributed by atoms with Gasteiger partial charge in [0.25, 0.3) is 0 Å². The Morgan fingerprint density at radius 1 is 1.04 bits per heavy atom. The van der Waals surface area contributed by atoms with Gasteiger partial charge in [0.2, 0.25) is 5.95 Å². The number of rotatable bonds is 5. The second kappa shape index (κ2) is 6.52. The molecule has 0 fully saturated rings. The fourth-order valence-electron chi connectivity index (χ4n) is 2.46. The number of nitrogens with one attached hydrogen (secondary N) is 3. The van der Waals surface area contributed by atoms with Crippen molar-refractivity contribution >= 4 is 28.6 Å². The highest BCUT2D eigenvalue weighted by atomic mass is 15.2. The zero-order valence-corrected chi connectivity index (χ0v) is 13.6. The van der Waals surface area contributed by atoms with E-state index in [1.165, 1.54) is 6.33 Å². The number of benzene rings is 1. The molecule has 0 saturated carbocycles. The number of fused-ring (bicyclic) bond motifs is 1. The van der Waals surface area contributed by atoms with E-state index in [0.717, 1.165) is 22.6 Å². The van der Waals surface area contributed by atoms with Crippen LogP contribution in [0, 0.1) is 6.92 Å². The first-order valence-corrected chi connectivity index (χ1v) is 7.82. The van der Waals surface area contributed by atoms with E-state index in [4.69, 9.17) is 0 Å². The second-order valence-electron chi connectivity index (χ2n) is 5.49. The Balaban J connectivity index is 1.50. The summed E-state index contributed by atoms with van der Waals surface area (Å²) in [5.74, 6) is 2.68. The van der Waals surface area contributed by atoms with E-state index in [9.17, 15) is 0 Å². The lowest BCUT2D eigenvalue weighted by molar-refractivity contribution is 0.986. The fourth-order valence-corrected chi connectivity index (χ4v) is 2.46. The molecule has 0 aliphatic rings. The molecule has 0 amide bonds. The second-order valence-corrected chi connectivity index (χ2v) is 5.49. The highest BCUT2D eigenvalue weighted by Crippen LogP contribution is 2.15. The van der Waals surface area contributed by atoms with E-state index in [2.05, 4.69) is 40.5 Å². The number of aromatic nitrogens is 6. The molecule has 124 valence electrons. The van der Waals surface area contributed by atoms with Gasteiger partial charge in [-0.3, -0.25) is 0 Å². The van der Waals surface area contributed by atoms with Crippen LogP contribution in [-0.4, -0.2) is 29.9 Å². The maximum atomic E-state index is 4.55. The molecule has 8 nitrogen and oxygen atoms in total. The van der Waals surface area contributed by atoms with E-state index in [0.29, 0.717) is 24.1 Å². The first-order chi connectivity index (χ1) is 12.3. The molecule has 25 heavy (non-hydrogen) atoms. The van der Waals surface area contributed by atoms with Crippen molar-refractivity contribution in [3.05, 3.63) is 60.4 Å². The molecule has 0 bridgehead atoms. The van der Waals surface area contributed by atoms with E-state index in [1.807, 2.05) is 37.3 Å². The first-order valence-electron chi connectivity index (χ1n) is 7.82. The SMILES string of the molecule is Cc1cc(NCc2nc3ccccc3[nH]2)nc(Nc2ccncn2)n1. The molecule has 0 saturated heterocycles. The maximum absolute atomic E-state index is 4.55. The quantitative estimate of drug-likeness (QED) is 0.516. The van der Waals surface area contributed by atoms with Gasteiger partial charge in [-0.05, 0) is 25.1 Å². The molecular weight excluding hydrogens is 316 g/mol. The summed E-state index contributed by atoms with van der Waals surface area (Å²) in [6, 6.07) is 11.6. The van der Waals surface area contributed by atoms with E-state index < -0.39 is 0 Å². The average molecular weight is 332 g/mol. The van der Waals surface area contributed by atoms with Crippen molar-refractivity contribution in [2.75, 3.05) is 10.6 Å². The Bertz CT molecular complexity index is 963. The van der Waals surface area contributed by atoms with Crippen LogP contribution in [0.3, 0.4) is 0 Å². The van der Waals surface area contributed by atoms with E-state index in [1.54, 1.807) is 12.3 Å². The molecule has 0 aliphatic carbocycles. The van der Waals surface area contributed by atoms with Crippen LogP contribution < -0.4 is 10.6 Å². The van der Waals surface area contributed by atoms with Gasteiger partial charge < -0.3 is 15.6 Å². The predicted molar refractivity (Wildman–Crippen MR) is 95.5 cm³/mol. The van der Waals surface area contributed by atoms with Gasteiger partial charge in [-0.25, -0.2) is 19.9 Å². The van der Waals surface area contributed by atoms with Crippen LogP contribution in [0.15, 0.2) is 48.9 Å². The Hall–Kier alpha value is -3.55. The topological polar surface area (TPSA) is 104 Å². The van der Waals surface area contributed by atoms with Crippen LogP contribution >= 0.6 is 0 Å². The summed E-state index contributed by atoms with van der Waals surface area (Å²) >= 11 is 0. The number of anilines is 3. The molecule has 4 aromatic rings. The van der Waals surface area contributed by atoms with Crippen LogP contribution in [0.5, 0.6) is 0 Å². The number of imidazole rings is 1. The number of hydrogen-bond donors (Lipinski definition) is 3. The van der Waals surface area contributed by atoms with Crippen molar-refractivity contribution in [2.24, 2.45) is 0 Å².